The molecule has 0 unspecified atom stereocenters. The number of benzene rings is 1. The average molecular weight is 346 g/mol. The number of rotatable bonds is 1. The fourth-order valence-electron chi connectivity index (χ4n) is 2.40. The summed E-state index contributed by atoms with van der Waals surface area (Å²) in [5.74, 6) is 0. The molecule has 0 radical (unpaired) electrons. The monoisotopic (exact) mass is 346 g/mol. The summed E-state index contributed by atoms with van der Waals surface area (Å²) in [6.45, 7) is 12.7. The van der Waals surface area contributed by atoms with Crippen LogP contribution in [0.4, 0.5) is 15.3 Å². The Hall–Kier alpha value is -2.50. The fraction of sp³-hybridized carbons (Fsp3) is 0.474. The quantitative estimate of drug-likeness (QED) is 0.782. The molecule has 0 saturated heterocycles. The number of hydrogen-bond acceptors (Lipinski definition) is 4. The van der Waals surface area contributed by atoms with Crippen molar-refractivity contribution in [2.75, 3.05) is 5.32 Å². The highest BCUT2D eigenvalue weighted by molar-refractivity contribution is 5.95. The van der Waals surface area contributed by atoms with E-state index in [4.69, 9.17) is 9.47 Å². The van der Waals surface area contributed by atoms with Crippen LogP contribution >= 0.6 is 0 Å². The Morgan fingerprint density at radius 1 is 0.960 bits per heavy atom. The Balaban J connectivity index is 2.28. The third-order valence-corrected chi connectivity index (χ3v) is 3.21. The molecule has 6 nitrogen and oxygen atoms in total. The summed E-state index contributed by atoms with van der Waals surface area (Å²) in [5, 5.41) is 3.53. The van der Waals surface area contributed by atoms with Crippen molar-refractivity contribution in [1.82, 2.24) is 4.57 Å². The van der Waals surface area contributed by atoms with E-state index in [0.29, 0.717) is 5.69 Å². The second kappa shape index (κ2) is 6.43. The van der Waals surface area contributed by atoms with Crippen molar-refractivity contribution in [3.63, 3.8) is 0 Å². The highest BCUT2D eigenvalue weighted by Gasteiger charge is 2.21. The maximum absolute atomic E-state index is 12.4. The van der Waals surface area contributed by atoms with Crippen LogP contribution in [0.3, 0.4) is 0 Å². The Labute approximate surface area is 148 Å². The number of aromatic nitrogens is 1. The number of anilines is 1. The molecule has 0 bridgehead atoms. The molecule has 0 spiro atoms. The number of carbonyl (C=O) groups is 2. The standard InChI is InChI=1S/C19H26N2O4/c1-12-10-13-11-14(20-16(22)24-18(2,3)4)8-9-15(13)21(12)17(23)25-19(5,6)7/h8-11H,1-7H3,(H,20,22). The topological polar surface area (TPSA) is 69.6 Å². The van der Waals surface area contributed by atoms with Gasteiger partial charge in [0, 0.05) is 16.8 Å². The predicted octanol–water partition coefficient (Wildman–Crippen LogP) is 5.08. The third kappa shape index (κ3) is 4.98. The number of fused-ring (bicyclic) bond motifs is 1. The van der Waals surface area contributed by atoms with Crippen LogP contribution in [0.1, 0.15) is 47.2 Å². The molecule has 25 heavy (non-hydrogen) atoms. The molecule has 0 atom stereocenters. The SMILES string of the molecule is Cc1cc2cc(NC(=O)OC(C)(C)C)ccc2n1C(=O)OC(C)(C)C. The van der Waals surface area contributed by atoms with Crippen LogP contribution in [0, 0.1) is 6.92 Å². The summed E-state index contributed by atoms with van der Waals surface area (Å²) in [6, 6.07) is 7.18. The minimum Gasteiger partial charge on any atom is -0.444 e. The summed E-state index contributed by atoms with van der Waals surface area (Å²) < 4.78 is 12.2. The van der Waals surface area contributed by atoms with Gasteiger partial charge >= 0.3 is 12.2 Å². The number of carbonyl (C=O) groups excluding carboxylic acids is 2. The number of aryl methyl sites for hydroxylation is 1. The van der Waals surface area contributed by atoms with Crippen LogP contribution < -0.4 is 5.32 Å². The van der Waals surface area contributed by atoms with Crippen molar-refractivity contribution in [3.8, 4) is 0 Å². The van der Waals surface area contributed by atoms with Gasteiger partial charge in [-0.25, -0.2) is 14.2 Å². The maximum atomic E-state index is 12.4. The number of ether oxygens (including phenoxy) is 2. The largest absolute Gasteiger partial charge is 0.444 e. The molecule has 1 aromatic heterocycles. The number of hydrogen-bond donors (Lipinski definition) is 1. The van der Waals surface area contributed by atoms with Gasteiger partial charge in [-0.1, -0.05) is 0 Å². The zero-order valence-corrected chi connectivity index (χ0v) is 15.9. The summed E-state index contributed by atoms with van der Waals surface area (Å²) in [7, 11) is 0. The van der Waals surface area contributed by atoms with E-state index in [9.17, 15) is 9.59 Å². The van der Waals surface area contributed by atoms with Crippen molar-refractivity contribution < 1.29 is 19.1 Å². The molecule has 0 fully saturated rings. The lowest BCUT2D eigenvalue weighted by atomic mass is 10.2. The van der Waals surface area contributed by atoms with E-state index in [0.717, 1.165) is 16.6 Å². The highest BCUT2D eigenvalue weighted by atomic mass is 16.6. The summed E-state index contributed by atoms with van der Waals surface area (Å²) in [5.41, 5.74) is 0.951. The van der Waals surface area contributed by atoms with Crippen LogP contribution in [0.25, 0.3) is 10.9 Å². The lowest BCUT2D eigenvalue weighted by molar-refractivity contribution is 0.0540. The first-order valence-corrected chi connectivity index (χ1v) is 8.21. The molecular weight excluding hydrogens is 320 g/mol. The predicted molar refractivity (Wildman–Crippen MR) is 98.2 cm³/mol. The van der Waals surface area contributed by atoms with Gasteiger partial charge in [0.05, 0.1) is 5.52 Å². The van der Waals surface area contributed by atoms with Crippen molar-refractivity contribution in [1.29, 1.82) is 0 Å². The van der Waals surface area contributed by atoms with Crippen LogP contribution in [-0.2, 0) is 9.47 Å². The average Bonchev–Trinajstić information content (AvgIpc) is 2.69. The second-order valence-corrected chi connectivity index (χ2v) is 8.00. The molecule has 1 aromatic carbocycles. The second-order valence-electron chi connectivity index (χ2n) is 8.00. The van der Waals surface area contributed by atoms with Crippen molar-refractivity contribution in [2.45, 2.75) is 59.7 Å². The molecule has 0 aliphatic heterocycles. The molecule has 2 aromatic rings. The van der Waals surface area contributed by atoms with Gasteiger partial charge in [-0.05, 0) is 72.7 Å². The van der Waals surface area contributed by atoms with Gasteiger partial charge in [0.25, 0.3) is 0 Å². The van der Waals surface area contributed by atoms with Crippen LogP contribution in [0.2, 0.25) is 0 Å². The molecule has 0 saturated carbocycles. The molecule has 6 heteroatoms. The molecule has 1 heterocycles. The normalized spacial score (nSPS) is 12.1. The highest BCUT2D eigenvalue weighted by Crippen LogP contribution is 2.25. The first-order chi connectivity index (χ1) is 11.4. The molecular formula is C19H26N2O4. The molecule has 2 rings (SSSR count). The molecule has 1 N–H and O–H groups in total. The minimum atomic E-state index is -0.571. The minimum absolute atomic E-state index is 0.423. The van der Waals surface area contributed by atoms with Crippen molar-refractivity contribution in [3.05, 3.63) is 30.0 Å². The Bertz CT molecular complexity index is 807. The zero-order chi connectivity index (χ0) is 19.0. The van der Waals surface area contributed by atoms with Gasteiger partial charge in [-0.3, -0.25) is 5.32 Å². The maximum Gasteiger partial charge on any atom is 0.419 e. The Morgan fingerprint density at radius 3 is 2.12 bits per heavy atom. The van der Waals surface area contributed by atoms with Crippen LogP contribution in [0.15, 0.2) is 24.3 Å². The van der Waals surface area contributed by atoms with Gasteiger partial charge in [0.1, 0.15) is 11.2 Å². The van der Waals surface area contributed by atoms with Crippen molar-refractivity contribution in [2.24, 2.45) is 0 Å². The third-order valence-electron chi connectivity index (χ3n) is 3.21. The first-order valence-electron chi connectivity index (χ1n) is 8.21. The molecule has 0 aliphatic rings. The van der Waals surface area contributed by atoms with Crippen LogP contribution in [0.5, 0.6) is 0 Å². The van der Waals surface area contributed by atoms with Gasteiger partial charge in [0.2, 0.25) is 0 Å². The van der Waals surface area contributed by atoms with E-state index in [1.807, 2.05) is 33.8 Å². The van der Waals surface area contributed by atoms with Gasteiger partial charge in [-0.15, -0.1) is 0 Å². The number of amides is 1. The van der Waals surface area contributed by atoms with E-state index in [-0.39, 0.29) is 0 Å². The Kier molecular flexibility index (Phi) is 4.84. The van der Waals surface area contributed by atoms with E-state index in [2.05, 4.69) is 5.32 Å². The first kappa shape index (κ1) is 18.8. The van der Waals surface area contributed by atoms with Gasteiger partial charge < -0.3 is 9.47 Å². The number of nitrogens with zero attached hydrogens (tertiary/aromatic N) is 1. The Morgan fingerprint density at radius 2 is 1.56 bits per heavy atom. The van der Waals surface area contributed by atoms with Crippen LogP contribution in [-0.4, -0.2) is 28.0 Å². The lowest BCUT2D eigenvalue weighted by Gasteiger charge is -2.20. The summed E-state index contributed by atoms with van der Waals surface area (Å²) >= 11 is 0. The smallest absolute Gasteiger partial charge is 0.419 e. The van der Waals surface area contributed by atoms with E-state index >= 15 is 0 Å². The molecule has 1 amide bonds. The van der Waals surface area contributed by atoms with E-state index < -0.39 is 23.4 Å². The number of nitrogens with one attached hydrogen (secondary N) is 1. The lowest BCUT2D eigenvalue weighted by Crippen LogP contribution is -2.27. The van der Waals surface area contributed by atoms with Gasteiger partial charge in [-0.2, -0.15) is 0 Å². The summed E-state index contributed by atoms with van der Waals surface area (Å²) in [6.07, 6.45) is -0.942. The molecule has 0 aliphatic carbocycles. The zero-order valence-electron chi connectivity index (χ0n) is 15.9. The molecule has 136 valence electrons. The van der Waals surface area contributed by atoms with Gasteiger partial charge in [0.15, 0.2) is 0 Å². The summed E-state index contributed by atoms with van der Waals surface area (Å²) in [4.78, 5) is 24.3. The van der Waals surface area contributed by atoms with E-state index in [1.54, 1.807) is 39.0 Å². The van der Waals surface area contributed by atoms with E-state index in [1.165, 1.54) is 4.57 Å². The van der Waals surface area contributed by atoms with Crippen molar-refractivity contribution >= 4 is 28.8 Å². The fourth-order valence-corrected chi connectivity index (χ4v) is 2.40.